The summed E-state index contributed by atoms with van der Waals surface area (Å²) in [4.78, 5) is 11.1. The van der Waals surface area contributed by atoms with Crippen molar-refractivity contribution in [1.29, 1.82) is 0 Å². The van der Waals surface area contributed by atoms with Crippen molar-refractivity contribution in [3.63, 3.8) is 0 Å². The zero-order chi connectivity index (χ0) is 14.6. The second-order valence-corrected chi connectivity index (χ2v) is 6.29. The maximum absolute atomic E-state index is 11.3. The van der Waals surface area contributed by atoms with E-state index < -0.39 is 28.6 Å². The van der Waals surface area contributed by atoms with E-state index in [1.807, 2.05) is 0 Å². The van der Waals surface area contributed by atoms with Gasteiger partial charge in [0.2, 0.25) is 5.91 Å². The standard InChI is InChI=1S/C12H17NO5S/c1-8(15)13-11(7-14)12(16)9-3-5-10(6-4-9)19(2,17)18/h3-6,11-12,14,16H,7H2,1-2H3,(H,13,15)/t11-,12-/m0/s1. The lowest BCUT2D eigenvalue weighted by atomic mass is 10.0. The van der Waals surface area contributed by atoms with Gasteiger partial charge < -0.3 is 15.5 Å². The molecule has 1 rings (SSSR count). The van der Waals surface area contributed by atoms with E-state index in [1.54, 1.807) is 0 Å². The molecule has 19 heavy (non-hydrogen) atoms. The van der Waals surface area contributed by atoms with Crippen molar-refractivity contribution in [3.8, 4) is 0 Å². The number of hydrogen-bond donors (Lipinski definition) is 3. The van der Waals surface area contributed by atoms with Crippen LogP contribution < -0.4 is 5.32 Å². The Kier molecular flexibility index (Phi) is 5.04. The number of carbonyl (C=O) groups is 1. The van der Waals surface area contributed by atoms with E-state index in [9.17, 15) is 18.3 Å². The van der Waals surface area contributed by atoms with Gasteiger partial charge in [-0.25, -0.2) is 8.42 Å². The Bertz CT molecular complexity index is 538. The molecule has 0 fully saturated rings. The molecule has 0 spiro atoms. The summed E-state index contributed by atoms with van der Waals surface area (Å²) < 4.78 is 22.6. The van der Waals surface area contributed by atoms with Gasteiger partial charge in [0.1, 0.15) is 6.10 Å². The van der Waals surface area contributed by atoms with Crippen molar-refractivity contribution in [3.05, 3.63) is 29.8 Å². The van der Waals surface area contributed by atoms with Crippen LogP contribution in [0.2, 0.25) is 0 Å². The predicted octanol–water partition coefficient (Wildman–Crippen LogP) is -0.380. The van der Waals surface area contributed by atoms with Crippen LogP contribution >= 0.6 is 0 Å². The summed E-state index contributed by atoms with van der Waals surface area (Å²) in [6, 6.07) is 4.81. The molecule has 0 aliphatic carbocycles. The van der Waals surface area contributed by atoms with Crippen molar-refractivity contribution in [2.75, 3.05) is 12.9 Å². The van der Waals surface area contributed by atoms with Gasteiger partial charge in [-0.15, -0.1) is 0 Å². The first-order valence-corrected chi connectivity index (χ1v) is 7.51. The van der Waals surface area contributed by atoms with Crippen LogP contribution in [0.25, 0.3) is 0 Å². The molecule has 0 heterocycles. The molecule has 7 heteroatoms. The van der Waals surface area contributed by atoms with E-state index in [-0.39, 0.29) is 10.8 Å². The van der Waals surface area contributed by atoms with E-state index in [0.29, 0.717) is 5.56 Å². The van der Waals surface area contributed by atoms with Crippen LogP contribution in [0.5, 0.6) is 0 Å². The van der Waals surface area contributed by atoms with Gasteiger partial charge in [-0.05, 0) is 17.7 Å². The van der Waals surface area contributed by atoms with E-state index in [0.717, 1.165) is 6.26 Å². The fourth-order valence-electron chi connectivity index (χ4n) is 1.63. The van der Waals surface area contributed by atoms with E-state index in [4.69, 9.17) is 5.11 Å². The van der Waals surface area contributed by atoms with Crippen LogP contribution in [-0.2, 0) is 14.6 Å². The maximum Gasteiger partial charge on any atom is 0.217 e. The fraction of sp³-hybridized carbons (Fsp3) is 0.417. The van der Waals surface area contributed by atoms with Gasteiger partial charge >= 0.3 is 0 Å². The Balaban J connectivity index is 2.93. The molecule has 1 aromatic rings. The van der Waals surface area contributed by atoms with Gasteiger partial charge in [-0.1, -0.05) is 12.1 Å². The molecule has 0 unspecified atom stereocenters. The number of aliphatic hydroxyl groups is 2. The number of aliphatic hydroxyl groups excluding tert-OH is 2. The quantitative estimate of drug-likeness (QED) is 0.685. The SMILES string of the molecule is CC(=O)N[C@@H](CO)[C@@H](O)c1ccc(S(C)(=O)=O)cc1. The lowest BCUT2D eigenvalue weighted by molar-refractivity contribution is -0.121. The number of sulfone groups is 1. The summed E-state index contributed by atoms with van der Waals surface area (Å²) in [6.45, 7) is 0.858. The molecule has 0 bridgehead atoms. The zero-order valence-corrected chi connectivity index (χ0v) is 11.5. The molecule has 0 aromatic heterocycles. The first kappa shape index (κ1) is 15.6. The van der Waals surface area contributed by atoms with E-state index in [1.165, 1.54) is 31.2 Å². The topological polar surface area (TPSA) is 104 Å². The van der Waals surface area contributed by atoms with Crippen LogP contribution in [0, 0.1) is 0 Å². The summed E-state index contributed by atoms with van der Waals surface area (Å²) in [7, 11) is -3.29. The monoisotopic (exact) mass is 287 g/mol. The first-order chi connectivity index (χ1) is 8.75. The van der Waals surface area contributed by atoms with Gasteiger partial charge in [-0.3, -0.25) is 4.79 Å². The minimum absolute atomic E-state index is 0.142. The lowest BCUT2D eigenvalue weighted by Crippen LogP contribution is -2.40. The molecule has 0 aliphatic rings. The van der Waals surface area contributed by atoms with Crippen LogP contribution in [0.1, 0.15) is 18.6 Å². The Labute approximate surface area is 112 Å². The molecule has 6 nitrogen and oxygen atoms in total. The molecule has 0 saturated carbocycles. The Morgan fingerprint density at radius 3 is 2.21 bits per heavy atom. The highest BCUT2D eigenvalue weighted by Crippen LogP contribution is 2.19. The summed E-state index contributed by atoms with van der Waals surface area (Å²) in [5.41, 5.74) is 0.417. The number of carbonyl (C=O) groups excluding carboxylic acids is 1. The minimum atomic E-state index is -3.29. The van der Waals surface area contributed by atoms with Crippen LogP contribution in [0.4, 0.5) is 0 Å². The average molecular weight is 287 g/mol. The Morgan fingerprint density at radius 1 is 1.32 bits per heavy atom. The second kappa shape index (κ2) is 6.14. The van der Waals surface area contributed by atoms with Crippen LogP contribution in [-0.4, -0.2) is 43.4 Å². The van der Waals surface area contributed by atoms with Crippen molar-refractivity contribution in [1.82, 2.24) is 5.32 Å². The van der Waals surface area contributed by atoms with Crippen LogP contribution in [0.3, 0.4) is 0 Å². The lowest BCUT2D eigenvalue weighted by Gasteiger charge is -2.22. The highest BCUT2D eigenvalue weighted by atomic mass is 32.2. The molecule has 0 saturated heterocycles. The number of amides is 1. The minimum Gasteiger partial charge on any atom is -0.394 e. The molecule has 0 aliphatic heterocycles. The van der Waals surface area contributed by atoms with Gasteiger partial charge in [0, 0.05) is 13.2 Å². The average Bonchev–Trinajstić information content (AvgIpc) is 2.34. The predicted molar refractivity (Wildman–Crippen MR) is 69.2 cm³/mol. The Hall–Kier alpha value is -1.44. The molecule has 1 amide bonds. The number of rotatable bonds is 5. The number of nitrogens with one attached hydrogen (secondary N) is 1. The number of benzene rings is 1. The van der Waals surface area contributed by atoms with E-state index >= 15 is 0 Å². The van der Waals surface area contributed by atoms with Crippen molar-refractivity contribution in [2.45, 2.75) is 24.0 Å². The summed E-state index contributed by atoms with van der Waals surface area (Å²) in [5.74, 6) is -0.370. The molecular formula is C12H17NO5S. The zero-order valence-electron chi connectivity index (χ0n) is 10.7. The summed E-state index contributed by atoms with van der Waals surface area (Å²) >= 11 is 0. The van der Waals surface area contributed by atoms with E-state index in [2.05, 4.69) is 5.32 Å². The summed E-state index contributed by atoms with van der Waals surface area (Å²) in [5, 5.41) is 21.5. The number of hydrogen-bond acceptors (Lipinski definition) is 5. The largest absolute Gasteiger partial charge is 0.394 e. The van der Waals surface area contributed by atoms with Crippen molar-refractivity contribution in [2.24, 2.45) is 0 Å². The van der Waals surface area contributed by atoms with Crippen molar-refractivity contribution >= 4 is 15.7 Å². The normalized spacial score (nSPS) is 14.7. The van der Waals surface area contributed by atoms with Gasteiger partial charge in [0.05, 0.1) is 17.5 Å². The molecule has 0 radical (unpaired) electrons. The van der Waals surface area contributed by atoms with Gasteiger partial charge in [0.15, 0.2) is 9.84 Å². The highest BCUT2D eigenvalue weighted by molar-refractivity contribution is 7.90. The maximum atomic E-state index is 11.3. The van der Waals surface area contributed by atoms with Crippen molar-refractivity contribution < 1.29 is 23.4 Å². The molecule has 2 atom stereocenters. The smallest absolute Gasteiger partial charge is 0.217 e. The third-order valence-electron chi connectivity index (χ3n) is 2.62. The highest BCUT2D eigenvalue weighted by Gasteiger charge is 2.21. The van der Waals surface area contributed by atoms with Gasteiger partial charge in [0.25, 0.3) is 0 Å². The van der Waals surface area contributed by atoms with Crippen LogP contribution in [0.15, 0.2) is 29.2 Å². The molecule has 106 valence electrons. The molecule has 1 aromatic carbocycles. The molecule has 3 N–H and O–H groups in total. The first-order valence-electron chi connectivity index (χ1n) is 5.61. The molecular weight excluding hydrogens is 270 g/mol. The second-order valence-electron chi connectivity index (χ2n) is 4.28. The third kappa shape index (κ3) is 4.30. The Morgan fingerprint density at radius 2 is 1.84 bits per heavy atom. The van der Waals surface area contributed by atoms with Gasteiger partial charge in [-0.2, -0.15) is 0 Å². The fourth-order valence-corrected chi connectivity index (χ4v) is 2.26. The third-order valence-corrected chi connectivity index (χ3v) is 3.74. The summed E-state index contributed by atoms with van der Waals surface area (Å²) in [6.07, 6.45) is -0.0192.